The molecule has 0 radical (unpaired) electrons. The van der Waals surface area contributed by atoms with Crippen molar-refractivity contribution < 1.29 is 4.79 Å². The number of H-pyrrole nitrogens is 1. The fourth-order valence-electron chi connectivity index (χ4n) is 2.37. The third-order valence-corrected chi connectivity index (χ3v) is 4.51. The van der Waals surface area contributed by atoms with Gasteiger partial charge >= 0.3 is 0 Å². The minimum Gasteiger partial charge on any atom is -0.337 e. The third kappa shape index (κ3) is 4.41. The van der Waals surface area contributed by atoms with E-state index in [9.17, 15) is 9.59 Å². The number of nitrogens with zero attached hydrogens (tertiary/aromatic N) is 2. The van der Waals surface area contributed by atoms with Gasteiger partial charge in [-0.15, -0.1) is 0 Å². The van der Waals surface area contributed by atoms with Gasteiger partial charge in [0.1, 0.15) is 11.4 Å². The molecular formula is C18H21Cl2N3O2. The lowest BCUT2D eigenvalue weighted by molar-refractivity contribution is 0.0781. The average molecular weight is 382 g/mol. The van der Waals surface area contributed by atoms with E-state index in [4.69, 9.17) is 23.2 Å². The van der Waals surface area contributed by atoms with Gasteiger partial charge in [0.05, 0.1) is 15.7 Å². The van der Waals surface area contributed by atoms with Crippen LogP contribution in [0.3, 0.4) is 0 Å². The highest BCUT2D eigenvalue weighted by atomic mass is 35.5. The van der Waals surface area contributed by atoms with E-state index in [1.165, 1.54) is 4.90 Å². The normalized spacial score (nSPS) is 11.5. The summed E-state index contributed by atoms with van der Waals surface area (Å²) in [4.78, 5) is 33.7. The summed E-state index contributed by atoms with van der Waals surface area (Å²) in [5.74, 6) is 0.163. The van der Waals surface area contributed by atoms with Crippen LogP contribution in [-0.2, 0) is 12.0 Å². The smallest absolute Gasteiger partial charge is 0.264 e. The van der Waals surface area contributed by atoms with Gasteiger partial charge < -0.3 is 9.88 Å². The maximum atomic E-state index is 12.7. The van der Waals surface area contributed by atoms with Crippen LogP contribution in [0.2, 0.25) is 10.0 Å². The molecule has 0 unspecified atom stereocenters. The summed E-state index contributed by atoms with van der Waals surface area (Å²) in [5.41, 5.74) is 0.550. The van der Waals surface area contributed by atoms with Crippen molar-refractivity contribution in [2.45, 2.75) is 39.7 Å². The number of amides is 1. The number of hydrogen-bond acceptors (Lipinski definition) is 3. The monoisotopic (exact) mass is 381 g/mol. The molecule has 0 fully saturated rings. The van der Waals surface area contributed by atoms with Crippen LogP contribution in [0.4, 0.5) is 0 Å². The maximum absolute atomic E-state index is 12.7. The molecule has 1 amide bonds. The van der Waals surface area contributed by atoms with Gasteiger partial charge in [-0.05, 0) is 24.6 Å². The number of aryl methyl sites for hydroxylation is 1. The predicted molar refractivity (Wildman–Crippen MR) is 101 cm³/mol. The van der Waals surface area contributed by atoms with Crippen molar-refractivity contribution in [1.29, 1.82) is 0 Å². The van der Waals surface area contributed by atoms with Crippen molar-refractivity contribution in [2.24, 2.45) is 0 Å². The Hall–Kier alpha value is -1.85. The maximum Gasteiger partial charge on any atom is 0.264 e. The van der Waals surface area contributed by atoms with Crippen molar-refractivity contribution in [3.05, 3.63) is 61.2 Å². The Balaban J connectivity index is 2.30. The van der Waals surface area contributed by atoms with Crippen LogP contribution in [0.25, 0.3) is 0 Å². The number of aromatic nitrogens is 2. The number of benzene rings is 1. The molecule has 1 aromatic carbocycles. The minimum absolute atomic E-state index is 0.0514. The number of aromatic amines is 1. The van der Waals surface area contributed by atoms with Crippen molar-refractivity contribution in [2.75, 3.05) is 7.05 Å². The van der Waals surface area contributed by atoms with E-state index in [1.807, 2.05) is 20.8 Å². The summed E-state index contributed by atoms with van der Waals surface area (Å²) in [7, 11) is 1.63. The van der Waals surface area contributed by atoms with Crippen molar-refractivity contribution >= 4 is 29.1 Å². The molecule has 2 aromatic rings. The van der Waals surface area contributed by atoms with Crippen LogP contribution in [0.15, 0.2) is 23.0 Å². The van der Waals surface area contributed by atoms with Crippen LogP contribution in [-0.4, -0.2) is 27.8 Å². The van der Waals surface area contributed by atoms with E-state index < -0.39 is 11.5 Å². The van der Waals surface area contributed by atoms with Gasteiger partial charge in [0.15, 0.2) is 0 Å². The highest BCUT2D eigenvalue weighted by Crippen LogP contribution is 2.23. The van der Waals surface area contributed by atoms with Crippen LogP contribution in [0.1, 0.15) is 48.2 Å². The molecule has 0 saturated carbocycles. The Morgan fingerprint density at radius 1 is 1.24 bits per heavy atom. The Kier molecular flexibility index (Phi) is 5.59. The summed E-state index contributed by atoms with van der Waals surface area (Å²) < 4.78 is 0. The van der Waals surface area contributed by atoms with Gasteiger partial charge in [-0.2, -0.15) is 0 Å². The Morgan fingerprint density at radius 2 is 1.88 bits per heavy atom. The Bertz CT molecular complexity index is 870. The molecule has 0 bridgehead atoms. The van der Waals surface area contributed by atoms with E-state index in [-0.39, 0.29) is 11.0 Å². The van der Waals surface area contributed by atoms with Gasteiger partial charge in [0.2, 0.25) is 0 Å². The second-order valence-corrected chi connectivity index (χ2v) is 7.85. The summed E-state index contributed by atoms with van der Waals surface area (Å²) >= 11 is 11.9. The first-order valence-electron chi connectivity index (χ1n) is 7.81. The van der Waals surface area contributed by atoms with E-state index in [0.717, 1.165) is 5.56 Å². The first kappa shape index (κ1) is 19.5. The summed E-state index contributed by atoms with van der Waals surface area (Å²) in [6, 6.07) is 5.16. The highest BCUT2D eigenvalue weighted by Gasteiger charge is 2.24. The van der Waals surface area contributed by atoms with Gasteiger partial charge in [0.25, 0.3) is 11.5 Å². The summed E-state index contributed by atoms with van der Waals surface area (Å²) in [6.07, 6.45) is 0. The van der Waals surface area contributed by atoms with Crippen molar-refractivity contribution in [3.63, 3.8) is 0 Å². The lowest BCUT2D eigenvalue weighted by atomic mass is 9.95. The minimum atomic E-state index is -0.427. The molecule has 134 valence electrons. The first-order chi connectivity index (χ1) is 11.5. The highest BCUT2D eigenvalue weighted by molar-refractivity contribution is 6.42. The number of rotatable bonds is 3. The zero-order valence-corrected chi connectivity index (χ0v) is 16.4. The van der Waals surface area contributed by atoms with Crippen LogP contribution in [0.5, 0.6) is 0 Å². The fraction of sp³-hybridized carbons (Fsp3) is 0.389. The van der Waals surface area contributed by atoms with Crippen LogP contribution < -0.4 is 5.56 Å². The second kappa shape index (κ2) is 7.18. The molecule has 7 heteroatoms. The third-order valence-electron chi connectivity index (χ3n) is 3.78. The zero-order chi connectivity index (χ0) is 18.9. The van der Waals surface area contributed by atoms with Crippen molar-refractivity contribution in [3.8, 4) is 0 Å². The Morgan fingerprint density at radius 3 is 2.40 bits per heavy atom. The first-order valence-corrected chi connectivity index (χ1v) is 8.57. The lowest BCUT2D eigenvalue weighted by Gasteiger charge is -2.21. The molecule has 1 heterocycles. The summed E-state index contributed by atoms with van der Waals surface area (Å²) in [6.45, 7) is 7.81. The molecule has 1 aromatic heterocycles. The zero-order valence-electron chi connectivity index (χ0n) is 14.9. The lowest BCUT2D eigenvalue weighted by Crippen LogP contribution is -2.34. The molecule has 0 spiro atoms. The molecule has 1 N–H and O–H groups in total. The number of hydrogen-bond donors (Lipinski definition) is 1. The fourth-order valence-corrected chi connectivity index (χ4v) is 2.69. The largest absolute Gasteiger partial charge is 0.337 e. The van der Waals surface area contributed by atoms with E-state index in [2.05, 4.69) is 9.97 Å². The molecule has 2 rings (SSSR count). The average Bonchev–Trinajstić information content (AvgIpc) is 2.49. The van der Waals surface area contributed by atoms with Crippen molar-refractivity contribution in [1.82, 2.24) is 14.9 Å². The summed E-state index contributed by atoms with van der Waals surface area (Å²) in [5, 5.41) is 0.874. The van der Waals surface area contributed by atoms with Gasteiger partial charge in [-0.1, -0.05) is 50.0 Å². The quantitative estimate of drug-likeness (QED) is 0.874. The number of carbonyl (C=O) groups excluding carboxylic acids is 1. The van der Waals surface area contributed by atoms with E-state index in [1.54, 1.807) is 32.2 Å². The Labute approximate surface area is 157 Å². The SMILES string of the molecule is Cc1nc(C(C)(C)C)[nH]c(=O)c1C(=O)N(C)Cc1ccc(Cl)c(Cl)c1. The topological polar surface area (TPSA) is 66.1 Å². The number of halogens is 2. The molecule has 0 aliphatic carbocycles. The van der Waals surface area contributed by atoms with Gasteiger partial charge in [0, 0.05) is 19.0 Å². The molecule has 0 saturated heterocycles. The molecular weight excluding hydrogens is 361 g/mol. The second-order valence-electron chi connectivity index (χ2n) is 7.03. The molecule has 25 heavy (non-hydrogen) atoms. The van der Waals surface area contributed by atoms with Crippen LogP contribution >= 0.6 is 23.2 Å². The van der Waals surface area contributed by atoms with E-state index in [0.29, 0.717) is 28.1 Å². The number of carbonyl (C=O) groups is 1. The van der Waals surface area contributed by atoms with Crippen LogP contribution in [0, 0.1) is 6.92 Å². The van der Waals surface area contributed by atoms with Gasteiger partial charge in [-0.25, -0.2) is 4.98 Å². The molecule has 0 aliphatic heterocycles. The predicted octanol–water partition coefficient (Wildman–Crippen LogP) is 3.95. The molecule has 0 aliphatic rings. The standard InChI is InChI=1S/C18H21Cl2N3O2/c1-10-14(15(24)22-17(21-10)18(2,3)4)16(25)23(5)9-11-6-7-12(19)13(20)8-11/h6-8H,9H2,1-5H3,(H,21,22,24). The van der Waals surface area contributed by atoms with E-state index >= 15 is 0 Å². The number of nitrogens with one attached hydrogen (secondary N) is 1. The molecule has 5 nitrogen and oxygen atoms in total. The van der Waals surface area contributed by atoms with Gasteiger partial charge in [-0.3, -0.25) is 9.59 Å². The molecule has 0 atom stereocenters.